The fraction of sp³-hybridized carbons (Fsp3) is 0.231. The van der Waals surface area contributed by atoms with Crippen LogP contribution < -0.4 is 0 Å². The summed E-state index contributed by atoms with van der Waals surface area (Å²) in [7, 11) is 0. The highest BCUT2D eigenvalue weighted by Crippen LogP contribution is 2.25. The highest BCUT2D eigenvalue weighted by Gasteiger charge is 2.04. The van der Waals surface area contributed by atoms with Gasteiger partial charge in [-0.25, -0.2) is 0 Å². The number of para-hydroxylation sites is 1. The normalized spacial score (nSPS) is 10.1. The minimum atomic E-state index is 0.167. The molecule has 0 radical (unpaired) electrons. The van der Waals surface area contributed by atoms with Crippen LogP contribution in [0.4, 0.5) is 0 Å². The van der Waals surface area contributed by atoms with Crippen molar-refractivity contribution in [2.75, 3.05) is 6.61 Å². The number of aliphatic hydroxyl groups is 1. The van der Waals surface area contributed by atoms with Gasteiger partial charge >= 0.3 is 0 Å². The molecule has 0 atom stereocenters. The summed E-state index contributed by atoms with van der Waals surface area (Å²) in [6.07, 6.45) is 1.36. The van der Waals surface area contributed by atoms with Gasteiger partial charge in [-0.15, -0.1) is 0 Å². The first-order valence-corrected chi connectivity index (χ1v) is 5.47. The van der Waals surface area contributed by atoms with Gasteiger partial charge in [-0.1, -0.05) is 29.7 Å². The van der Waals surface area contributed by atoms with Crippen molar-refractivity contribution in [3.05, 3.63) is 35.0 Å². The average molecular weight is 235 g/mol. The molecule has 16 heavy (non-hydrogen) atoms. The molecule has 0 amide bonds. The van der Waals surface area contributed by atoms with E-state index in [4.69, 9.17) is 21.1 Å². The van der Waals surface area contributed by atoms with Gasteiger partial charge in [-0.3, -0.25) is 0 Å². The number of fused-ring (bicyclic) bond motifs is 1. The Morgan fingerprint density at radius 2 is 2.25 bits per heavy atom. The molecule has 0 saturated carbocycles. The van der Waals surface area contributed by atoms with Gasteiger partial charge in [0, 0.05) is 24.5 Å². The highest BCUT2D eigenvalue weighted by atomic mass is 35.5. The minimum absolute atomic E-state index is 0.167. The number of halogens is 1. The van der Waals surface area contributed by atoms with Crippen LogP contribution in [0.3, 0.4) is 0 Å². The molecule has 1 heterocycles. The molecule has 0 aliphatic heterocycles. The number of hydrogen-bond acceptors (Lipinski definition) is 2. The molecule has 0 saturated heterocycles. The van der Waals surface area contributed by atoms with Crippen LogP contribution in [-0.2, 0) is 0 Å². The lowest BCUT2D eigenvalue weighted by Gasteiger charge is -1.88. The van der Waals surface area contributed by atoms with Crippen molar-refractivity contribution in [2.45, 2.75) is 12.8 Å². The average Bonchev–Trinajstić information content (AvgIpc) is 2.69. The van der Waals surface area contributed by atoms with Gasteiger partial charge in [0.1, 0.15) is 0 Å². The number of aliphatic hydroxyl groups excluding tert-OH is 1. The maximum absolute atomic E-state index is 8.61. The van der Waals surface area contributed by atoms with E-state index in [1.807, 2.05) is 18.2 Å². The number of benzene rings is 1. The lowest BCUT2D eigenvalue weighted by molar-refractivity contribution is 0.290. The van der Waals surface area contributed by atoms with Crippen molar-refractivity contribution in [3.63, 3.8) is 0 Å². The van der Waals surface area contributed by atoms with Gasteiger partial charge in [0.2, 0.25) is 0 Å². The molecule has 1 N–H and O–H groups in total. The van der Waals surface area contributed by atoms with Gasteiger partial charge in [-0.05, 0) is 18.4 Å². The Kier molecular flexibility index (Phi) is 3.51. The summed E-state index contributed by atoms with van der Waals surface area (Å²) < 4.78 is 5.51. The summed E-state index contributed by atoms with van der Waals surface area (Å²) >= 11 is 5.98. The van der Waals surface area contributed by atoms with Crippen LogP contribution in [-0.4, -0.2) is 11.7 Å². The fourth-order valence-corrected chi connectivity index (χ4v) is 1.63. The molecule has 0 spiro atoms. The van der Waals surface area contributed by atoms with E-state index in [-0.39, 0.29) is 6.61 Å². The molecular weight excluding hydrogens is 224 g/mol. The number of hydrogen-bond donors (Lipinski definition) is 1. The Bertz CT molecular complexity index is 546. The summed E-state index contributed by atoms with van der Waals surface area (Å²) in [5.74, 6) is 6.46. The molecule has 0 fully saturated rings. The van der Waals surface area contributed by atoms with Crippen molar-refractivity contribution in [1.82, 2.24) is 0 Å². The van der Waals surface area contributed by atoms with E-state index in [1.54, 1.807) is 6.07 Å². The maximum Gasteiger partial charge on any atom is 0.178 e. The molecule has 2 rings (SSSR count). The van der Waals surface area contributed by atoms with E-state index in [0.717, 1.165) is 5.39 Å². The summed E-state index contributed by atoms with van der Waals surface area (Å²) in [5.41, 5.74) is 0.677. The SMILES string of the molecule is OCCCC#Cc1cc2cccc(Cl)c2o1. The van der Waals surface area contributed by atoms with Crippen molar-refractivity contribution in [3.8, 4) is 11.8 Å². The van der Waals surface area contributed by atoms with Gasteiger partial charge in [0.05, 0.1) is 5.02 Å². The largest absolute Gasteiger partial charge is 0.446 e. The van der Waals surface area contributed by atoms with E-state index in [0.29, 0.717) is 29.2 Å². The molecule has 0 unspecified atom stereocenters. The maximum atomic E-state index is 8.61. The highest BCUT2D eigenvalue weighted by molar-refractivity contribution is 6.34. The van der Waals surface area contributed by atoms with Gasteiger partial charge < -0.3 is 9.52 Å². The van der Waals surface area contributed by atoms with Crippen LogP contribution in [0, 0.1) is 11.8 Å². The Morgan fingerprint density at radius 1 is 1.38 bits per heavy atom. The summed E-state index contributed by atoms with van der Waals surface area (Å²) in [6.45, 7) is 0.167. The third kappa shape index (κ3) is 2.38. The van der Waals surface area contributed by atoms with Crippen LogP contribution >= 0.6 is 11.6 Å². The molecule has 1 aromatic carbocycles. The Labute approximate surface area is 98.8 Å². The van der Waals surface area contributed by atoms with Crippen molar-refractivity contribution >= 4 is 22.6 Å². The molecule has 3 heteroatoms. The van der Waals surface area contributed by atoms with E-state index in [9.17, 15) is 0 Å². The first-order chi connectivity index (χ1) is 7.81. The zero-order chi connectivity index (χ0) is 11.4. The summed E-state index contributed by atoms with van der Waals surface area (Å²) in [4.78, 5) is 0. The van der Waals surface area contributed by atoms with Crippen LogP contribution in [0.25, 0.3) is 11.0 Å². The van der Waals surface area contributed by atoms with Crippen molar-refractivity contribution in [1.29, 1.82) is 0 Å². The summed E-state index contributed by atoms with van der Waals surface area (Å²) in [6, 6.07) is 7.47. The Morgan fingerprint density at radius 3 is 3.00 bits per heavy atom. The molecule has 1 aromatic heterocycles. The quantitative estimate of drug-likeness (QED) is 0.640. The first-order valence-electron chi connectivity index (χ1n) is 5.09. The van der Waals surface area contributed by atoms with Crippen molar-refractivity contribution in [2.24, 2.45) is 0 Å². The molecule has 0 bridgehead atoms. The summed E-state index contributed by atoms with van der Waals surface area (Å²) in [5, 5.41) is 10.2. The molecule has 0 aliphatic carbocycles. The molecule has 82 valence electrons. The van der Waals surface area contributed by atoms with E-state index in [2.05, 4.69) is 11.8 Å². The number of furan rings is 1. The van der Waals surface area contributed by atoms with Crippen molar-refractivity contribution < 1.29 is 9.52 Å². The van der Waals surface area contributed by atoms with E-state index in [1.165, 1.54) is 0 Å². The second-order valence-electron chi connectivity index (χ2n) is 3.40. The lowest BCUT2D eigenvalue weighted by Crippen LogP contribution is -1.78. The number of unbranched alkanes of at least 4 members (excludes halogenated alkanes) is 1. The predicted octanol–water partition coefficient (Wildman–Crippen LogP) is 3.21. The van der Waals surface area contributed by atoms with Gasteiger partial charge in [0.15, 0.2) is 11.3 Å². The van der Waals surface area contributed by atoms with Crippen LogP contribution in [0.5, 0.6) is 0 Å². The van der Waals surface area contributed by atoms with Gasteiger partial charge in [-0.2, -0.15) is 0 Å². The van der Waals surface area contributed by atoms with E-state index >= 15 is 0 Å². The van der Waals surface area contributed by atoms with E-state index < -0.39 is 0 Å². The van der Waals surface area contributed by atoms with Crippen LogP contribution in [0.1, 0.15) is 18.6 Å². The second kappa shape index (κ2) is 5.07. The van der Waals surface area contributed by atoms with Crippen LogP contribution in [0.2, 0.25) is 5.02 Å². The van der Waals surface area contributed by atoms with Gasteiger partial charge in [0.25, 0.3) is 0 Å². The second-order valence-corrected chi connectivity index (χ2v) is 3.80. The monoisotopic (exact) mass is 234 g/mol. The zero-order valence-corrected chi connectivity index (χ0v) is 9.42. The smallest absolute Gasteiger partial charge is 0.178 e. The predicted molar refractivity (Wildman–Crippen MR) is 64.4 cm³/mol. The molecule has 2 aromatic rings. The lowest BCUT2D eigenvalue weighted by atomic mass is 10.2. The fourth-order valence-electron chi connectivity index (χ4n) is 1.41. The standard InChI is InChI=1S/C13H11ClO2/c14-12-7-4-5-10-9-11(16-13(10)12)6-2-1-3-8-15/h4-5,7,9,15H,1,3,8H2. The number of rotatable bonds is 2. The first kappa shape index (κ1) is 11.1. The Balaban J connectivity index is 2.25. The Hall–Kier alpha value is -1.43. The minimum Gasteiger partial charge on any atom is -0.446 e. The zero-order valence-electron chi connectivity index (χ0n) is 8.66. The molecule has 0 aliphatic rings. The topological polar surface area (TPSA) is 33.4 Å². The molecular formula is C13H11ClO2. The third-order valence-corrected chi connectivity index (χ3v) is 2.47. The van der Waals surface area contributed by atoms with Crippen LogP contribution in [0.15, 0.2) is 28.7 Å². The third-order valence-electron chi connectivity index (χ3n) is 2.17. The molecule has 2 nitrogen and oxygen atoms in total.